The van der Waals surface area contributed by atoms with Crippen LogP contribution >= 0.6 is 11.3 Å². The molecule has 0 aliphatic rings. The molecule has 100 valence electrons. The number of hydrogen-bond donors (Lipinski definition) is 3. The predicted molar refractivity (Wildman–Crippen MR) is 68.5 cm³/mol. The number of carboxylic acid groups (broad SMARTS) is 1. The summed E-state index contributed by atoms with van der Waals surface area (Å²) in [7, 11) is 0. The Bertz CT molecular complexity index is 394. The third kappa shape index (κ3) is 4.70. The minimum absolute atomic E-state index is 0.151. The van der Waals surface area contributed by atoms with Gasteiger partial charge in [0.1, 0.15) is 5.01 Å². The fraction of sp³-hybridized carbons (Fsp3) is 0.545. The fourth-order valence-corrected chi connectivity index (χ4v) is 1.93. The molecule has 0 aromatic carbocycles. The van der Waals surface area contributed by atoms with Crippen LogP contribution in [0.5, 0.6) is 0 Å². The Morgan fingerprint density at radius 2 is 2.22 bits per heavy atom. The van der Waals surface area contributed by atoms with Crippen molar-refractivity contribution in [3.05, 3.63) is 16.6 Å². The zero-order valence-electron chi connectivity index (χ0n) is 10.3. The molecule has 2 atom stereocenters. The molecule has 1 aromatic heterocycles. The number of amides is 2. The Kier molecular flexibility index (Phi) is 5.57. The van der Waals surface area contributed by atoms with E-state index in [4.69, 9.17) is 5.11 Å². The smallest absolute Gasteiger partial charge is 0.315 e. The summed E-state index contributed by atoms with van der Waals surface area (Å²) >= 11 is 1.47. The van der Waals surface area contributed by atoms with E-state index in [1.807, 2.05) is 12.3 Å². The van der Waals surface area contributed by atoms with Crippen LogP contribution in [0.2, 0.25) is 0 Å². The topological polar surface area (TPSA) is 91.3 Å². The lowest BCUT2D eigenvalue weighted by atomic mass is 10.1. The van der Waals surface area contributed by atoms with Crippen molar-refractivity contribution in [3.8, 4) is 0 Å². The Morgan fingerprint density at radius 1 is 1.50 bits per heavy atom. The maximum atomic E-state index is 11.5. The molecule has 2 amide bonds. The molecule has 0 spiro atoms. The van der Waals surface area contributed by atoms with Gasteiger partial charge in [-0.25, -0.2) is 9.78 Å². The molecule has 1 heterocycles. The standard InChI is InChI=1S/C11H17N3O3S/c1-7(10(15)16)3-4-13-11(17)14-8(2)9-12-5-6-18-9/h5-8H,3-4H2,1-2H3,(H,15,16)(H2,13,14,17). The number of carboxylic acids is 1. The average molecular weight is 271 g/mol. The van der Waals surface area contributed by atoms with Crippen LogP contribution in [0.4, 0.5) is 4.79 Å². The number of nitrogens with zero attached hydrogens (tertiary/aromatic N) is 1. The van der Waals surface area contributed by atoms with Gasteiger partial charge in [-0.05, 0) is 13.3 Å². The molecule has 7 heteroatoms. The molecule has 0 aliphatic heterocycles. The highest BCUT2D eigenvalue weighted by Gasteiger charge is 2.13. The molecule has 1 aromatic rings. The van der Waals surface area contributed by atoms with Crippen LogP contribution in [0.25, 0.3) is 0 Å². The normalized spacial score (nSPS) is 13.7. The summed E-state index contributed by atoms with van der Waals surface area (Å²) in [6.07, 6.45) is 2.10. The van der Waals surface area contributed by atoms with Crippen LogP contribution in [0, 0.1) is 5.92 Å². The minimum Gasteiger partial charge on any atom is -0.481 e. The largest absolute Gasteiger partial charge is 0.481 e. The molecule has 0 saturated heterocycles. The Labute approximate surface area is 109 Å². The van der Waals surface area contributed by atoms with Crippen molar-refractivity contribution in [3.63, 3.8) is 0 Å². The number of carbonyl (C=O) groups excluding carboxylic acids is 1. The molecular weight excluding hydrogens is 254 g/mol. The van der Waals surface area contributed by atoms with Gasteiger partial charge in [0.15, 0.2) is 0 Å². The highest BCUT2D eigenvalue weighted by atomic mass is 32.1. The third-order valence-electron chi connectivity index (χ3n) is 2.45. The maximum absolute atomic E-state index is 11.5. The van der Waals surface area contributed by atoms with Crippen molar-refractivity contribution in [2.24, 2.45) is 5.92 Å². The maximum Gasteiger partial charge on any atom is 0.315 e. The summed E-state index contributed by atoms with van der Waals surface area (Å²) in [6, 6.07) is -0.461. The quantitative estimate of drug-likeness (QED) is 0.733. The minimum atomic E-state index is -0.853. The van der Waals surface area contributed by atoms with Gasteiger partial charge in [-0.3, -0.25) is 4.79 Å². The highest BCUT2D eigenvalue weighted by molar-refractivity contribution is 7.09. The first-order chi connectivity index (χ1) is 8.50. The van der Waals surface area contributed by atoms with Crippen molar-refractivity contribution in [2.45, 2.75) is 26.3 Å². The SMILES string of the molecule is CC(CCNC(=O)NC(C)c1nccs1)C(=O)O. The molecule has 0 fully saturated rings. The van der Waals surface area contributed by atoms with Gasteiger partial charge in [-0.2, -0.15) is 0 Å². The lowest BCUT2D eigenvalue weighted by Gasteiger charge is -2.13. The number of aromatic nitrogens is 1. The molecule has 3 N–H and O–H groups in total. The van der Waals surface area contributed by atoms with Gasteiger partial charge < -0.3 is 15.7 Å². The van der Waals surface area contributed by atoms with Crippen molar-refractivity contribution in [2.75, 3.05) is 6.54 Å². The molecule has 1 rings (SSSR count). The second-order valence-electron chi connectivity index (χ2n) is 4.02. The lowest BCUT2D eigenvalue weighted by Crippen LogP contribution is -2.38. The predicted octanol–water partition coefficient (Wildman–Crippen LogP) is 1.61. The molecule has 0 bridgehead atoms. The van der Waals surface area contributed by atoms with Crippen LogP contribution in [0.1, 0.15) is 31.3 Å². The van der Waals surface area contributed by atoms with Crippen molar-refractivity contribution in [1.82, 2.24) is 15.6 Å². The van der Waals surface area contributed by atoms with Crippen molar-refractivity contribution < 1.29 is 14.7 Å². The first-order valence-electron chi connectivity index (χ1n) is 5.67. The van der Waals surface area contributed by atoms with Crippen LogP contribution in [0.3, 0.4) is 0 Å². The number of thiazole rings is 1. The number of nitrogens with one attached hydrogen (secondary N) is 2. The summed E-state index contributed by atoms with van der Waals surface area (Å²) in [6.45, 7) is 3.79. The van der Waals surface area contributed by atoms with Gasteiger partial charge in [-0.15, -0.1) is 11.3 Å². The Balaban J connectivity index is 2.24. The van der Waals surface area contributed by atoms with E-state index in [0.717, 1.165) is 5.01 Å². The van der Waals surface area contributed by atoms with E-state index in [1.54, 1.807) is 13.1 Å². The summed E-state index contributed by atoms with van der Waals surface area (Å²) in [4.78, 5) is 26.2. The van der Waals surface area contributed by atoms with Crippen LogP contribution < -0.4 is 10.6 Å². The van der Waals surface area contributed by atoms with E-state index in [1.165, 1.54) is 11.3 Å². The third-order valence-corrected chi connectivity index (χ3v) is 3.41. The van der Waals surface area contributed by atoms with Crippen LogP contribution in [-0.4, -0.2) is 28.6 Å². The van der Waals surface area contributed by atoms with E-state index in [-0.39, 0.29) is 12.1 Å². The van der Waals surface area contributed by atoms with E-state index >= 15 is 0 Å². The zero-order chi connectivity index (χ0) is 13.5. The molecule has 0 radical (unpaired) electrons. The first kappa shape index (κ1) is 14.4. The van der Waals surface area contributed by atoms with E-state index in [9.17, 15) is 9.59 Å². The lowest BCUT2D eigenvalue weighted by molar-refractivity contribution is -0.141. The molecule has 6 nitrogen and oxygen atoms in total. The Hall–Kier alpha value is -1.63. The second kappa shape index (κ2) is 6.95. The summed E-state index contributed by atoms with van der Waals surface area (Å²) < 4.78 is 0. The molecule has 18 heavy (non-hydrogen) atoms. The van der Waals surface area contributed by atoms with Crippen molar-refractivity contribution >= 4 is 23.3 Å². The summed E-state index contributed by atoms with van der Waals surface area (Å²) in [5.74, 6) is -1.31. The van der Waals surface area contributed by atoms with Gasteiger partial charge in [0.05, 0.1) is 12.0 Å². The zero-order valence-corrected chi connectivity index (χ0v) is 11.2. The van der Waals surface area contributed by atoms with Gasteiger partial charge >= 0.3 is 12.0 Å². The van der Waals surface area contributed by atoms with E-state index in [2.05, 4.69) is 15.6 Å². The van der Waals surface area contributed by atoms with Gasteiger partial charge in [-0.1, -0.05) is 6.92 Å². The van der Waals surface area contributed by atoms with Gasteiger partial charge in [0.2, 0.25) is 0 Å². The highest BCUT2D eigenvalue weighted by Crippen LogP contribution is 2.14. The number of urea groups is 1. The van der Waals surface area contributed by atoms with E-state index < -0.39 is 11.9 Å². The summed E-state index contributed by atoms with van der Waals surface area (Å²) in [5.41, 5.74) is 0. The number of rotatable bonds is 6. The van der Waals surface area contributed by atoms with Gasteiger partial charge in [0, 0.05) is 18.1 Å². The number of aliphatic carboxylic acids is 1. The van der Waals surface area contributed by atoms with Crippen molar-refractivity contribution in [1.29, 1.82) is 0 Å². The van der Waals surface area contributed by atoms with Crippen LogP contribution in [0.15, 0.2) is 11.6 Å². The second-order valence-corrected chi connectivity index (χ2v) is 4.95. The average Bonchev–Trinajstić information content (AvgIpc) is 2.81. The molecule has 0 saturated carbocycles. The van der Waals surface area contributed by atoms with Crippen LogP contribution in [-0.2, 0) is 4.79 Å². The molecular formula is C11H17N3O3S. The monoisotopic (exact) mass is 271 g/mol. The first-order valence-corrected chi connectivity index (χ1v) is 6.55. The molecule has 2 unspecified atom stereocenters. The number of hydrogen-bond acceptors (Lipinski definition) is 4. The van der Waals surface area contributed by atoms with Gasteiger partial charge in [0.25, 0.3) is 0 Å². The number of carbonyl (C=O) groups is 2. The fourth-order valence-electron chi connectivity index (χ4n) is 1.28. The summed E-state index contributed by atoms with van der Waals surface area (Å²) in [5, 5.41) is 16.7. The van der Waals surface area contributed by atoms with E-state index in [0.29, 0.717) is 13.0 Å². The molecule has 0 aliphatic carbocycles. The Morgan fingerprint density at radius 3 is 2.78 bits per heavy atom.